The van der Waals surface area contributed by atoms with Crippen LogP contribution in [-0.4, -0.2) is 129 Å². The number of fused-ring (bicyclic) bond motifs is 5. The monoisotopic (exact) mass is 1850 g/mol. The second-order valence-corrected chi connectivity index (χ2v) is 34.6. The summed E-state index contributed by atoms with van der Waals surface area (Å²) in [6, 6.07) is 96.0. The third kappa shape index (κ3) is 20.4. The third-order valence-corrected chi connectivity index (χ3v) is 26.7. The van der Waals surface area contributed by atoms with Crippen LogP contribution in [0.5, 0.6) is 121 Å². The fourth-order valence-corrected chi connectivity index (χ4v) is 19.2. The van der Waals surface area contributed by atoms with Crippen LogP contribution >= 0.6 is 0 Å². The fraction of sp³-hybridized carbons (Fsp3) is 0.214. The molecule has 0 bridgehead atoms. The van der Waals surface area contributed by atoms with Gasteiger partial charge in [-0.05, 0) is 241 Å². The first-order valence-corrected chi connectivity index (χ1v) is 45.5. The normalized spacial score (nSPS) is 17.2. The molecule has 0 fully saturated rings. The molecule has 15 aromatic carbocycles. The van der Waals surface area contributed by atoms with Crippen molar-refractivity contribution in [1.29, 1.82) is 0 Å². The fourth-order valence-electron chi connectivity index (χ4n) is 19.2. The van der Waals surface area contributed by atoms with Crippen molar-refractivity contribution in [2.45, 2.75) is 81.5 Å². The summed E-state index contributed by atoms with van der Waals surface area (Å²) >= 11 is 0. The van der Waals surface area contributed by atoms with Crippen LogP contribution in [0.1, 0.15) is 153 Å². The van der Waals surface area contributed by atoms with Gasteiger partial charge in [0.05, 0.1) is 76.2 Å². The lowest BCUT2D eigenvalue weighted by Gasteiger charge is -2.35. The van der Waals surface area contributed by atoms with Crippen LogP contribution in [0.3, 0.4) is 0 Å². The van der Waals surface area contributed by atoms with Gasteiger partial charge in [0, 0.05) is 109 Å². The van der Waals surface area contributed by atoms with Crippen LogP contribution in [0.2, 0.25) is 0 Å². The van der Waals surface area contributed by atoms with Crippen LogP contribution in [0.15, 0.2) is 303 Å². The molecule has 706 valence electrons. The first-order chi connectivity index (χ1) is 67.0. The molecule has 0 radical (unpaired) electrons. The maximum absolute atomic E-state index is 10.2. The molecule has 5 heterocycles. The van der Waals surface area contributed by atoms with Crippen molar-refractivity contribution in [2.75, 3.05) is 82.8 Å². The Bertz CT molecular complexity index is 6820. The summed E-state index contributed by atoms with van der Waals surface area (Å²) in [6.45, 7) is 9.80. The Labute approximate surface area is 803 Å². The standard InChI is InChI=1S/C25H26O5.C24H24O4.C23H22O5.C23H22O4.C22H18O3/c1-15-21(26)11-10-19-24(16-5-8-18(27-2)9-6-16)20(14-30-25(15)19)17-7-12-22(28-3)23(13-17)29-4;1-15-22(25)12-11-20-23(16-7-9-18(26-2)10-8-16)21(14-28-24(15)20)17-5-4-6-19(13-17)27-3;1-13-19(24)10-8-17-22(14-3-6-16(27-2)7-4-14)18(12-28-23(13)17)15-5-9-20(25)21(26)11-15;1-14-21(25)11-10-19-22(15-6-8-18(26-2)9-7-15)20(13-27-23(14)19)16-4-3-5-17(24)12-16;23-17-8-6-16(7-9-17)21-14-25-22-13-18(24)10-11-19(22)20(21)12-15-4-2-1-3-5-15/h5-13,20,24,26H,14H2,1-4H3;4-13,21,23,25H,14H2,1-3H3;3-11,18,22,24-26H,12H2,1-2H3;3-12,20,22,24-25H,13H2,1-2H3;1-11,13,23-24H,12,14H2. The molecule has 21 heteroatoms. The maximum atomic E-state index is 10.2. The highest BCUT2D eigenvalue weighted by Gasteiger charge is 2.41. The quantitative estimate of drug-likeness (QED) is 0.0361. The second-order valence-electron chi connectivity index (χ2n) is 34.6. The lowest BCUT2D eigenvalue weighted by atomic mass is 9.75. The van der Waals surface area contributed by atoms with Crippen LogP contribution in [0, 0.1) is 27.7 Å². The first kappa shape index (κ1) is 95.0. The van der Waals surface area contributed by atoms with Gasteiger partial charge in [-0.3, -0.25) is 0 Å². The zero-order chi connectivity index (χ0) is 97.0. The number of hydrogen-bond donors (Lipinski definition) is 9. The zero-order valence-electron chi connectivity index (χ0n) is 78.7. The SMILES string of the molecule is COc1ccc(C2c3ccc(O)c(C)c3OCC2c2ccc(O)c(O)c2)cc1.COc1ccc(C2c3ccc(O)c(C)c3OCC2c2ccc(OC)c(OC)c2)cc1.COc1ccc(C2c3ccc(O)c(C)c3OCC2c2cccc(O)c2)cc1.COc1ccc(C2c3ccc(O)c(C)c3OCC2c2cccc(OC)c2)cc1.Oc1ccc(C2=C(Cc3ccccc3)c3ccc(O)cc3OC2)cc1. The number of methoxy groups -OCH3 is 7. The molecule has 20 rings (SSSR count). The summed E-state index contributed by atoms with van der Waals surface area (Å²) < 4.78 is 67.9. The van der Waals surface area contributed by atoms with E-state index in [9.17, 15) is 46.0 Å². The highest BCUT2D eigenvalue weighted by Crippen LogP contribution is 2.56. The Hall–Kier alpha value is -16.2. The van der Waals surface area contributed by atoms with Gasteiger partial charge >= 0.3 is 0 Å². The molecule has 8 atom stereocenters. The number of benzene rings is 15. The van der Waals surface area contributed by atoms with Crippen molar-refractivity contribution in [3.63, 3.8) is 0 Å². The highest BCUT2D eigenvalue weighted by molar-refractivity contribution is 5.95. The lowest BCUT2D eigenvalue weighted by molar-refractivity contribution is 0.245. The Morgan fingerprint density at radius 3 is 1.01 bits per heavy atom. The van der Waals surface area contributed by atoms with E-state index in [0.29, 0.717) is 61.6 Å². The minimum Gasteiger partial charge on any atom is -0.508 e. The number of ether oxygens (including phenoxy) is 12. The van der Waals surface area contributed by atoms with Crippen LogP contribution in [-0.2, 0) is 6.42 Å². The molecule has 8 unspecified atom stereocenters. The molecule has 138 heavy (non-hydrogen) atoms. The van der Waals surface area contributed by atoms with E-state index < -0.39 is 0 Å². The molecule has 0 saturated heterocycles. The minimum atomic E-state index is -0.154. The Kier molecular flexibility index (Phi) is 29.3. The molecule has 0 spiro atoms. The molecule has 0 aliphatic carbocycles. The van der Waals surface area contributed by atoms with E-state index in [1.54, 1.807) is 123 Å². The van der Waals surface area contributed by atoms with Crippen molar-refractivity contribution >= 4 is 11.1 Å². The third-order valence-electron chi connectivity index (χ3n) is 26.7. The predicted molar refractivity (Wildman–Crippen MR) is 533 cm³/mol. The van der Waals surface area contributed by atoms with Gasteiger partial charge in [-0.25, -0.2) is 0 Å². The van der Waals surface area contributed by atoms with Crippen LogP contribution in [0.25, 0.3) is 11.1 Å². The van der Waals surface area contributed by atoms with Gasteiger partial charge in [0.2, 0.25) is 0 Å². The van der Waals surface area contributed by atoms with E-state index >= 15 is 0 Å². The van der Waals surface area contributed by atoms with E-state index in [4.69, 9.17) is 56.8 Å². The van der Waals surface area contributed by atoms with E-state index in [1.807, 2.05) is 185 Å². The molecule has 0 amide bonds. The van der Waals surface area contributed by atoms with Gasteiger partial charge in [0.15, 0.2) is 23.0 Å². The van der Waals surface area contributed by atoms with Crippen molar-refractivity contribution in [3.8, 4) is 121 Å². The molecule has 15 aromatic rings. The Morgan fingerprint density at radius 1 is 0.261 bits per heavy atom. The van der Waals surface area contributed by atoms with Gasteiger partial charge in [0.25, 0.3) is 0 Å². The molecule has 5 aliphatic rings. The Morgan fingerprint density at radius 2 is 0.616 bits per heavy atom. The largest absolute Gasteiger partial charge is 0.508 e. The van der Waals surface area contributed by atoms with Crippen molar-refractivity contribution in [1.82, 2.24) is 0 Å². The highest BCUT2D eigenvalue weighted by atomic mass is 16.5. The van der Waals surface area contributed by atoms with Crippen molar-refractivity contribution in [3.05, 3.63) is 409 Å². The second kappa shape index (κ2) is 42.6. The van der Waals surface area contributed by atoms with Crippen molar-refractivity contribution < 1.29 is 103 Å². The molecular formula is C117H112O21. The summed E-state index contributed by atoms with van der Waals surface area (Å²) in [7, 11) is 11.6. The number of hydrogen-bond acceptors (Lipinski definition) is 21. The first-order valence-electron chi connectivity index (χ1n) is 45.5. The summed E-state index contributed by atoms with van der Waals surface area (Å²) in [6.07, 6.45) is 0.776. The van der Waals surface area contributed by atoms with E-state index in [1.165, 1.54) is 22.8 Å². The van der Waals surface area contributed by atoms with E-state index in [2.05, 4.69) is 66.7 Å². The number of phenolic OH excluding ortho intramolecular Hbond substituents is 9. The predicted octanol–water partition coefficient (Wildman–Crippen LogP) is 23.9. The zero-order valence-corrected chi connectivity index (χ0v) is 78.7. The average molecular weight is 1850 g/mol. The molecule has 5 aliphatic heterocycles. The number of rotatable bonds is 18. The molecule has 0 saturated carbocycles. The molecule has 9 N–H and O–H groups in total. The van der Waals surface area contributed by atoms with Crippen LogP contribution in [0.4, 0.5) is 0 Å². The van der Waals surface area contributed by atoms with Crippen molar-refractivity contribution in [2.24, 2.45) is 0 Å². The van der Waals surface area contributed by atoms with E-state index in [0.717, 1.165) is 147 Å². The lowest BCUT2D eigenvalue weighted by Crippen LogP contribution is -2.26. The van der Waals surface area contributed by atoms with E-state index in [-0.39, 0.29) is 99.1 Å². The summed E-state index contributed by atoms with van der Waals surface area (Å²) in [5.41, 5.74) is 21.4. The summed E-state index contributed by atoms with van der Waals surface area (Å²) in [5, 5.41) is 89.5. The maximum Gasteiger partial charge on any atom is 0.160 e. The molecule has 0 aromatic heterocycles. The molecule has 21 nitrogen and oxygen atoms in total. The van der Waals surface area contributed by atoms with Crippen LogP contribution < -0.4 is 56.8 Å². The average Bonchev–Trinajstić information content (AvgIpc) is 0.762. The van der Waals surface area contributed by atoms with Gasteiger partial charge in [-0.2, -0.15) is 0 Å². The number of phenols is 9. The molecular weight excluding hydrogens is 1740 g/mol. The Balaban J connectivity index is 0.000000125. The minimum absolute atomic E-state index is 0.0424. The number of allylic oxidation sites excluding steroid dienone is 1. The van der Waals surface area contributed by atoms with Gasteiger partial charge in [-0.1, -0.05) is 152 Å². The van der Waals surface area contributed by atoms with Gasteiger partial charge < -0.3 is 103 Å². The number of aromatic hydroxyl groups is 9. The topological polar surface area (TPSA) is 293 Å². The summed E-state index contributed by atoms with van der Waals surface area (Å²) in [4.78, 5) is 0. The van der Waals surface area contributed by atoms with Gasteiger partial charge in [-0.15, -0.1) is 0 Å². The summed E-state index contributed by atoms with van der Waals surface area (Å²) in [5.74, 6) is 10.7. The smallest absolute Gasteiger partial charge is 0.160 e. The van der Waals surface area contributed by atoms with Gasteiger partial charge in [0.1, 0.15) is 104 Å².